The maximum atomic E-state index is 11.1. The highest BCUT2D eigenvalue weighted by atomic mass is 16.5. The van der Waals surface area contributed by atoms with Gasteiger partial charge in [-0.15, -0.1) is 0 Å². The van der Waals surface area contributed by atoms with Crippen LogP contribution in [0.4, 0.5) is 0 Å². The number of methoxy groups -OCH3 is 1. The van der Waals surface area contributed by atoms with Crippen molar-refractivity contribution in [2.45, 2.75) is 32.6 Å². The van der Waals surface area contributed by atoms with E-state index in [0.29, 0.717) is 0 Å². The van der Waals surface area contributed by atoms with Crippen LogP contribution in [0.25, 0.3) is 16.3 Å². The fraction of sp³-hybridized carbons (Fsp3) is 0.316. The molecule has 0 bridgehead atoms. The van der Waals surface area contributed by atoms with Gasteiger partial charge >= 0.3 is 5.97 Å². The summed E-state index contributed by atoms with van der Waals surface area (Å²) >= 11 is 0. The average molecular weight is 296 g/mol. The Labute approximate surface area is 130 Å². The minimum absolute atomic E-state index is 0.127. The lowest BCUT2D eigenvalue weighted by molar-refractivity contribution is -0.136. The molecule has 0 aromatic heterocycles. The molecule has 3 rings (SSSR count). The van der Waals surface area contributed by atoms with Gasteiger partial charge in [-0.25, -0.2) is 0 Å². The van der Waals surface area contributed by atoms with Crippen molar-refractivity contribution < 1.29 is 14.6 Å². The van der Waals surface area contributed by atoms with Crippen molar-refractivity contribution in [2.24, 2.45) is 0 Å². The Hall–Kier alpha value is -2.29. The molecule has 0 heterocycles. The predicted octanol–water partition coefficient (Wildman–Crippen LogP) is 4.43. The normalized spacial score (nSPS) is 15.7. The van der Waals surface area contributed by atoms with Crippen LogP contribution >= 0.6 is 0 Å². The summed E-state index contributed by atoms with van der Waals surface area (Å²) in [6, 6.07) is 10.4. The van der Waals surface area contributed by atoms with E-state index < -0.39 is 5.97 Å². The van der Waals surface area contributed by atoms with E-state index in [2.05, 4.69) is 18.2 Å². The number of allylic oxidation sites excluding steroid dienone is 1. The topological polar surface area (TPSA) is 46.5 Å². The van der Waals surface area contributed by atoms with Crippen LogP contribution in [0.1, 0.15) is 37.3 Å². The molecule has 0 atom stereocenters. The first-order valence-corrected chi connectivity index (χ1v) is 7.67. The Morgan fingerprint density at radius 2 is 2.05 bits per heavy atom. The number of aliphatic carboxylic acids is 1. The molecule has 0 radical (unpaired) electrons. The summed E-state index contributed by atoms with van der Waals surface area (Å²) in [4.78, 5) is 11.1. The molecule has 3 heteroatoms. The van der Waals surface area contributed by atoms with Crippen molar-refractivity contribution in [3.05, 3.63) is 47.0 Å². The van der Waals surface area contributed by atoms with Crippen LogP contribution in [0.3, 0.4) is 0 Å². The van der Waals surface area contributed by atoms with E-state index in [1.54, 1.807) is 7.11 Å². The van der Waals surface area contributed by atoms with Gasteiger partial charge in [-0.3, -0.25) is 4.79 Å². The fourth-order valence-corrected chi connectivity index (χ4v) is 3.51. The van der Waals surface area contributed by atoms with Gasteiger partial charge < -0.3 is 9.84 Å². The van der Waals surface area contributed by atoms with Gasteiger partial charge in [0.2, 0.25) is 0 Å². The first-order valence-electron chi connectivity index (χ1n) is 7.67. The first-order chi connectivity index (χ1) is 10.7. The van der Waals surface area contributed by atoms with Crippen molar-refractivity contribution in [3.8, 4) is 5.75 Å². The Kier molecular flexibility index (Phi) is 3.88. The summed E-state index contributed by atoms with van der Waals surface area (Å²) in [5, 5.41) is 11.6. The van der Waals surface area contributed by atoms with E-state index in [-0.39, 0.29) is 6.42 Å². The zero-order valence-electron chi connectivity index (χ0n) is 13.0. The Balaban J connectivity index is 2.28. The Morgan fingerprint density at radius 1 is 1.23 bits per heavy atom. The molecule has 22 heavy (non-hydrogen) atoms. The van der Waals surface area contributed by atoms with E-state index in [4.69, 9.17) is 9.84 Å². The van der Waals surface area contributed by atoms with Gasteiger partial charge in [0.15, 0.2) is 0 Å². The van der Waals surface area contributed by atoms with Gasteiger partial charge in [-0.05, 0) is 47.2 Å². The maximum absolute atomic E-state index is 11.1. The molecule has 0 spiro atoms. The fourth-order valence-electron chi connectivity index (χ4n) is 3.51. The molecule has 3 nitrogen and oxygen atoms in total. The number of aryl methyl sites for hydroxylation is 1. The molecule has 1 aliphatic rings. The monoisotopic (exact) mass is 296 g/mol. The smallest absolute Gasteiger partial charge is 0.307 e. The molecule has 0 fully saturated rings. The van der Waals surface area contributed by atoms with Crippen molar-refractivity contribution in [1.29, 1.82) is 0 Å². The van der Waals surface area contributed by atoms with Crippen LogP contribution in [0.2, 0.25) is 0 Å². The first kappa shape index (κ1) is 14.6. The number of ether oxygens (including phenoxy) is 1. The highest BCUT2D eigenvalue weighted by Crippen LogP contribution is 2.42. The van der Waals surface area contributed by atoms with Gasteiger partial charge in [0.05, 0.1) is 13.5 Å². The quantitative estimate of drug-likeness (QED) is 0.907. The molecule has 0 unspecified atom stereocenters. The van der Waals surface area contributed by atoms with Crippen LogP contribution in [0.5, 0.6) is 5.75 Å². The van der Waals surface area contributed by atoms with E-state index in [9.17, 15) is 4.79 Å². The molecule has 2 aromatic rings. The standard InChI is InChI=1S/C19H20O3/c1-3-12(11-18(20)21)14-8-9-16-17(22-2)10-7-13-5-4-6-15(14)19(13)16/h4-7,10H,3,8-9,11H2,1-2H3,(H,20,21). The Bertz CT molecular complexity index is 772. The number of hydrogen-bond acceptors (Lipinski definition) is 2. The summed E-state index contributed by atoms with van der Waals surface area (Å²) in [5.41, 5.74) is 4.66. The molecule has 1 N–H and O–H groups in total. The molecular formula is C19H20O3. The van der Waals surface area contributed by atoms with Gasteiger partial charge in [0.1, 0.15) is 5.75 Å². The van der Waals surface area contributed by atoms with Crippen LogP contribution in [-0.2, 0) is 11.2 Å². The highest BCUT2D eigenvalue weighted by molar-refractivity contribution is 6.00. The van der Waals surface area contributed by atoms with Crippen molar-refractivity contribution in [1.82, 2.24) is 0 Å². The summed E-state index contributed by atoms with van der Waals surface area (Å²) in [7, 11) is 1.70. The molecule has 0 saturated carbocycles. The number of carboxylic acid groups (broad SMARTS) is 1. The van der Waals surface area contributed by atoms with Crippen LogP contribution in [-0.4, -0.2) is 18.2 Å². The number of hydrogen-bond donors (Lipinski definition) is 1. The van der Waals surface area contributed by atoms with Crippen LogP contribution < -0.4 is 4.74 Å². The van der Waals surface area contributed by atoms with Crippen molar-refractivity contribution in [2.75, 3.05) is 7.11 Å². The second-order valence-corrected chi connectivity index (χ2v) is 5.66. The van der Waals surface area contributed by atoms with Gasteiger partial charge in [-0.1, -0.05) is 36.8 Å². The molecular weight excluding hydrogens is 276 g/mol. The summed E-state index contributed by atoms with van der Waals surface area (Å²) in [6.07, 6.45) is 2.68. The second-order valence-electron chi connectivity index (χ2n) is 5.66. The third-order valence-electron chi connectivity index (χ3n) is 4.50. The lowest BCUT2D eigenvalue weighted by Gasteiger charge is -2.24. The number of benzene rings is 2. The molecule has 114 valence electrons. The van der Waals surface area contributed by atoms with E-state index in [0.717, 1.165) is 30.6 Å². The van der Waals surface area contributed by atoms with E-state index in [1.807, 2.05) is 19.1 Å². The number of carbonyl (C=O) groups is 1. The SMILES string of the molecule is CCC(CC(=O)O)=C1CCc2c(OC)ccc3cccc1c23. The zero-order valence-corrected chi connectivity index (χ0v) is 13.0. The molecule has 1 aliphatic carbocycles. The lowest BCUT2D eigenvalue weighted by atomic mass is 9.81. The zero-order chi connectivity index (χ0) is 15.7. The second kappa shape index (κ2) is 5.84. The maximum Gasteiger partial charge on any atom is 0.307 e. The lowest BCUT2D eigenvalue weighted by Crippen LogP contribution is -2.07. The summed E-state index contributed by atoms with van der Waals surface area (Å²) in [6.45, 7) is 2.03. The summed E-state index contributed by atoms with van der Waals surface area (Å²) < 4.78 is 5.51. The number of rotatable bonds is 4. The van der Waals surface area contributed by atoms with Crippen molar-refractivity contribution in [3.63, 3.8) is 0 Å². The van der Waals surface area contributed by atoms with Gasteiger partial charge in [0.25, 0.3) is 0 Å². The third kappa shape index (κ3) is 2.37. The van der Waals surface area contributed by atoms with E-state index >= 15 is 0 Å². The highest BCUT2D eigenvalue weighted by Gasteiger charge is 2.22. The average Bonchev–Trinajstić information content (AvgIpc) is 2.53. The minimum Gasteiger partial charge on any atom is -0.496 e. The van der Waals surface area contributed by atoms with Gasteiger partial charge in [-0.2, -0.15) is 0 Å². The van der Waals surface area contributed by atoms with Crippen LogP contribution in [0.15, 0.2) is 35.9 Å². The largest absolute Gasteiger partial charge is 0.496 e. The van der Waals surface area contributed by atoms with Gasteiger partial charge in [0, 0.05) is 5.56 Å². The van der Waals surface area contributed by atoms with Crippen molar-refractivity contribution >= 4 is 22.3 Å². The number of carboxylic acids is 1. The molecule has 2 aromatic carbocycles. The Morgan fingerprint density at radius 3 is 2.73 bits per heavy atom. The molecule has 0 aliphatic heterocycles. The molecule has 0 saturated heterocycles. The summed E-state index contributed by atoms with van der Waals surface area (Å²) in [5.74, 6) is 0.170. The molecule has 0 amide bonds. The van der Waals surface area contributed by atoms with Crippen LogP contribution in [0, 0.1) is 0 Å². The minimum atomic E-state index is -0.757. The third-order valence-corrected chi connectivity index (χ3v) is 4.50. The predicted molar refractivity (Wildman–Crippen MR) is 88.3 cm³/mol. The van der Waals surface area contributed by atoms with E-state index in [1.165, 1.54) is 27.5 Å².